The molecule has 1 amide bonds. The first-order valence-corrected chi connectivity index (χ1v) is 13.3. The molecule has 0 fully saturated rings. The number of sulfonamides is 1. The number of nitrogens with zero attached hydrogens (tertiary/aromatic N) is 1. The lowest BCUT2D eigenvalue weighted by Gasteiger charge is -2.21. The van der Waals surface area contributed by atoms with Crippen molar-refractivity contribution in [2.45, 2.75) is 25.2 Å². The van der Waals surface area contributed by atoms with Gasteiger partial charge in [-0.2, -0.15) is 0 Å². The third-order valence-electron chi connectivity index (χ3n) is 5.64. The zero-order valence-electron chi connectivity index (χ0n) is 19.3. The third kappa shape index (κ3) is 4.76. The fourth-order valence-electron chi connectivity index (χ4n) is 3.69. The van der Waals surface area contributed by atoms with Gasteiger partial charge in [-0.1, -0.05) is 61.5 Å². The second-order valence-corrected chi connectivity index (χ2v) is 10.8. The van der Waals surface area contributed by atoms with Crippen LogP contribution in [-0.4, -0.2) is 21.4 Å². The molecule has 0 aliphatic heterocycles. The highest BCUT2D eigenvalue weighted by molar-refractivity contribution is 7.93. The Bertz CT molecular complexity index is 1410. The fraction of sp³-hybridized carbons (Fsp3) is 0.148. The summed E-state index contributed by atoms with van der Waals surface area (Å²) in [5, 5.41) is 4.60. The molecule has 7 heteroatoms. The standard InChI is InChI=1S/C27H26N2O3S2/c1-4-20-13-15-22(16-14-20)28-27(30)25-26(24(18-33-25)21-10-6-5-7-11-21)34(31,32)29(3)23-12-8-9-19(2)17-23/h5-18H,4H2,1-3H3,(H,28,30). The number of thiophene rings is 1. The molecule has 34 heavy (non-hydrogen) atoms. The molecule has 1 aromatic heterocycles. The highest BCUT2D eigenvalue weighted by atomic mass is 32.2. The molecule has 0 saturated heterocycles. The van der Waals surface area contributed by atoms with Crippen LogP contribution in [0.1, 0.15) is 27.7 Å². The molecule has 0 aliphatic carbocycles. The molecule has 0 unspecified atom stereocenters. The number of hydrogen-bond acceptors (Lipinski definition) is 4. The van der Waals surface area contributed by atoms with Crippen LogP contribution in [0.2, 0.25) is 0 Å². The van der Waals surface area contributed by atoms with Gasteiger partial charge in [-0.15, -0.1) is 11.3 Å². The lowest BCUT2D eigenvalue weighted by Crippen LogP contribution is -2.28. The van der Waals surface area contributed by atoms with Crippen LogP contribution in [0, 0.1) is 6.92 Å². The average molecular weight is 491 g/mol. The maximum atomic E-state index is 13.9. The SMILES string of the molecule is CCc1ccc(NC(=O)c2scc(-c3ccccc3)c2S(=O)(=O)N(C)c2cccc(C)c2)cc1. The van der Waals surface area contributed by atoms with E-state index in [1.54, 1.807) is 17.5 Å². The van der Waals surface area contributed by atoms with Crippen LogP contribution < -0.4 is 9.62 Å². The minimum Gasteiger partial charge on any atom is -0.321 e. The topological polar surface area (TPSA) is 66.5 Å². The summed E-state index contributed by atoms with van der Waals surface area (Å²) in [7, 11) is -2.52. The van der Waals surface area contributed by atoms with E-state index < -0.39 is 15.9 Å². The van der Waals surface area contributed by atoms with E-state index in [-0.39, 0.29) is 9.77 Å². The van der Waals surface area contributed by atoms with Gasteiger partial charge in [0.05, 0.1) is 5.69 Å². The van der Waals surface area contributed by atoms with Crippen LogP contribution in [0.5, 0.6) is 0 Å². The molecule has 0 spiro atoms. The lowest BCUT2D eigenvalue weighted by molar-refractivity contribution is 0.102. The summed E-state index contributed by atoms with van der Waals surface area (Å²) in [5.74, 6) is -0.451. The predicted octanol–water partition coefficient (Wildman–Crippen LogP) is 6.36. The highest BCUT2D eigenvalue weighted by Crippen LogP contribution is 2.38. The zero-order valence-corrected chi connectivity index (χ0v) is 20.9. The van der Waals surface area contributed by atoms with E-state index in [0.717, 1.165) is 34.4 Å². The smallest absolute Gasteiger partial charge is 0.267 e. The molecule has 0 aliphatic rings. The number of hydrogen-bond donors (Lipinski definition) is 1. The third-order valence-corrected chi connectivity index (χ3v) is 8.62. The molecule has 5 nitrogen and oxygen atoms in total. The second-order valence-electron chi connectivity index (χ2n) is 7.99. The number of nitrogens with one attached hydrogen (secondary N) is 1. The molecule has 4 aromatic rings. The van der Waals surface area contributed by atoms with Crippen molar-refractivity contribution >= 4 is 38.6 Å². The molecular formula is C27H26N2O3S2. The summed E-state index contributed by atoms with van der Waals surface area (Å²) in [6.45, 7) is 3.97. The Kier molecular flexibility index (Phi) is 6.86. The van der Waals surface area contributed by atoms with Crippen molar-refractivity contribution < 1.29 is 13.2 Å². The summed E-state index contributed by atoms with van der Waals surface area (Å²) in [6.07, 6.45) is 0.896. The number of carbonyl (C=O) groups excluding carboxylic acids is 1. The number of amides is 1. The Labute approximate surface area is 204 Å². The molecule has 1 heterocycles. The van der Waals surface area contributed by atoms with E-state index in [4.69, 9.17) is 0 Å². The van der Waals surface area contributed by atoms with Crippen molar-refractivity contribution in [2.24, 2.45) is 0 Å². The Morgan fingerprint density at radius 2 is 1.68 bits per heavy atom. The molecule has 0 atom stereocenters. The van der Waals surface area contributed by atoms with Crippen molar-refractivity contribution in [3.63, 3.8) is 0 Å². The van der Waals surface area contributed by atoms with Crippen LogP contribution in [-0.2, 0) is 16.4 Å². The van der Waals surface area contributed by atoms with E-state index in [9.17, 15) is 13.2 Å². The van der Waals surface area contributed by atoms with Gasteiger partial charge in [0.1, 0.15) is 9.77 Å². The second kappa shape index (κ2) is 9.83. The van der Waals surface area contributed by atoms with E-state index in [1.807, 2.05) is 73.7 Å². The number of anilines is 2. The van der Waals surface area contributed by atoms with Gasteiger partial charge < -0.3 is 5.32 Å². The highest BCUT2D eigenvalue weighted by Gasteiger charge is 2.32. The van der Waals surface area contributed by atoms with Gasteiger partial charge in [0.15, 0.2) is 0 Å². The number of carbonyl (C=O) groups is 1. The van der Waals surface area contributed by atoms with Crippen molar-refractivity contribution in [1.29, 1.82) is 0 Å². The number of aryl methyl sites for hydroxylation is 2. The first-order chi connectivity index (χ1) is 16.3. The van der Waals surface area contributed by atoms with Crippen molar-refractivity contribution in [3.05, 3.63) is 100 Å². The van der Waals surface area contributed by atoms with E-state index in [0.29, 0.717) is 16.9 Å². The molecule has 4 rings (SSSR count). The molecular weight excluding hydrogens is 464 g/mol. The molecule has 0 radical (unpaired) electrons. The summed E-state index contributed by atoms with van der Waals surface area (Å²) >= 11 is 1.13. The maximum Gasteiger partial charge on any atom is 0.267 e. The fourth-order valence-corrected chi connectivity index (χ4v) is 6.53. The average Bonchev–Trinajstić information content (AvgIpc) is 3.31. The summed E-state index contributed by atoms with van der Waals surface area (Å²) in [4.78, 5) is 13.5. The van der Waals surface area contributed by atoms with E-state index in [2.05, 4.69) is 12.2 Å². The summed E-state index contributed by atoms with van der Waals surface area (Å²) in [5.41, 5.74) is 4.50. The Morgan fingerprint density at radius 3 is 2.32 bits per heavy atom. The van der Waals surface area contributed by atoms with Gasteiger partial charge in [0, 0.05) is 23.7 Å². The van der Waals surface area contributed by atoms with Crippen LogP contribution in [0.25, 0.3) is 11.1 Å². The summed E-state index contributed by atoms with van der Waals surface area (Å²) < 4.78 is 29.1. The van der Waals surface area contributed by atoms with Crippen molar-refractivity contribution in [1.82, 2.24) is 0 Å². The van der Waals surface area contributed by atoms with Gasteiger partial charge in [-0.05, 0) is 54.3 Å². The lowest BCUT2D eigenvalue weighted by atomic mass is 10.1. The molecule has 0 bridgehead atoms. The van der Waals surface area contributed by atoms with Gasteiger partial charge in [-0.3, -0.25) is 9.10 Å². The van der Waals surface area contributed by atoms with Gasteiger partial charge in [0.25, 0.3) is 15.9 Å². The van der Waals surface area contributed by atoms with Gasteiger partial charge >= 0.3 is 0 Å². The van der Waals surface area contributed by atoms with Crippen molar-refractivity contribution in [3.8, 4) is 11.1 Å². The molecule has 3 aromatic carbocycles. The van der Waals surface area contributed by atoms with Gasteiger partial charge in [0.2, 0.25) is 0 Å². The Morgan fingerprint density at radius 1 is 0.971 bits per heavy atom. The maximum absolute atomic E-state index is 13.9. The first kappa shape index (κ1) is 23.7. The number of benzene rings is 3. The van der Waals surface area contributed by atoms with Crippen LogP contribution in [0.3, 0.4) is 0 Å². The van der Waals surface area contributed by atoms with Crippen LogP contribution >= 0.6 is 11.3 Å². The van der Waals surface area contributed by atoms with E-state index in [1.165, 1.54) is 11.4 Å². The normalized spacial score (nSPS) is 11.3. The van der Waals surface area contributed by atoms with Crippen LogP contribution in [0.15, 0.2) is 89.1 Å². The quantitative estimate of drug-likeness (QED) is 0.328. The minimum absolute atomic E-state index is 0.00962. The Balaban J connectivity index is 1.80. The molecule has 1 N–H and O–H groups in total. The molecule has 174 valence electrons. The van der Waals surface area contributed by atoms with Crippen molar-refractivity contribution in [2.75, 3.05) is 16.7 Å². The predicted molar refractivity (Wildman–Crippen MR) is 140 cm³/mol. The first-order valence-electron chi connectivity index (χ1n) is 10.9. The molecule has 0 saturated carbocycles. The Hall–Kier alpha value is -3.42. The zero-order chi connectivity index (χ0) is 24.3. The largest absolute Gasteiger partial charge is 0.321 e. The minimum atomic E-state index is -4.04. The van der Waals surface area contributed by atoms with Crippen LogP contribution in [0.4, 0.5) is 11.4 Å². The number of rotatable bonds is 7. The monoisotopic (exact) mass is 490 g/mol. The summed E-state index contributed by atoms with van der Waals surface area (Å²) in [6, 6.07) is 24.1. The van der Waals surface area contributed by atoms with Gasteiger partial charge in [-0.25, -0.2) is 8.42 Å². The van der Waals surface area contributed by atoms with E-state index >= 15 is 0 Å².